The Kier molecular flexibility index (Phi) is 4.47. The second-order valence-electron chi connectivity index (χ2n) is 4.88. The van der Waals surface area contributed by atoms with Crippen LogP contribution in [0.5, 0.6) is 5.75 Å². The second-order valence-corrected chi connectivity index (χ2v) is 4.88. The zero-order chi connectivity index (χ0) is 15.6. The molecule has 0 radical (unpaired) electrons. The number of nitrogens with two attached hydrogens (primary N) is 1. The van der Waals surface area contributed by atoms with Gasteiger partial charge >= 0.3 is 0 Å². The number of aromatic nitrogens is 1. The van der Waals surface area contributed by atoms with Crippen LogP contribution >= 0.6 is 0 Å². The smallest absolute Gasteiger partial charge is 0.138 e. The van der Waals surface area contributed by atoms with Crippen molar-refractivity contribution in [2.75, 3.05) is 0 Å². The van der Waals surface area contributed by atoms with Gasteiger partial charge in [0, 0.05) is 23.9 Å². The molecule has 1 atom stereocenters. The van der Waals surface area contributed by atoms with Crippen molar-refractivity contribution in [2.24, 2.45) is 5.73 Å². The molecular formula is C15H15F3N2O. The van der Waals surface area contributed by atoms with Crippen LogP contribution in [0.2, 0.25) is 0 Å². The van der Waals surface area contributed by atoms with Crippen molar-refractivity contribution < 1.29 is 17.9 Å². The first-order chi connectivity index (χ1) is 9.88. The van der Waals surface area contributed by atoms with E-state index in [4.69, 9.17) is 10.5 Å². The number of nitrogens with zero attached hydrogens (tertiary/aromatic N) is 1. The molecule has 6 heteroatoms. The molecule has 0 saturated carbocycles. The first kappa shape index (κ1) is 15.3. The third-order valence-electron chi connectivity index (χ3n) is 2.82. The molecule has 112 valence electrons. The summed E-state index contributed by atoms with van der Waals surface area (Å²) < 4.78 is 45.9. The van der Waals surface area contributed by atoms with Crippen molar-refractivity contribution in [1.29, 1.82) is 0 Å². The molecule has 2 aromatic rings. The van der Waals surface area contributed by atoms with Gasteiger partial charge in [-0.05, 0) is 25.5 Å². The van der Waals surface area contributed by atoms with Crippen LogP contribution in [0.4, 0.5) is 13.2 Å². The van der Waals surface area contributed by atoms with Crippen LogP contribution in [0, 0.1) is 17.5 Å². The van der Waals surface area contributed by atoms with Gasteiger partial charge < -0.3 is 10.5 Å². The quantitative estimate of drug-likeness (QED) is 0.941. The molecule has 0 saturated heterocycles. The first-order valence-corrected chi connectivity index (χ1v) is 6.40. The number of pyridine rings is 1. The Bertz CT molecular complexity index is 624. The lowest BCUT2D eigenvalue weighted by Crippen LogP contribution is -2.17. The van der Waals surface area contributed by atoms with Crippen molar-refractivity contribution in [3.05, 3.63) is 59.2 Å². The van der Waals surface area contributed by atoms with E-state index < -0.39 is 29.1 Å². The van der Waals surface area contributed by atoms with Gasteiger partial charge in [0.25, 0.3) is 0 Å². The van der Waals surface area contributed by atoms with Crippen molar-refractivity contribution in [2.45, 2.75) is 26.0 Å². The van der Waals surface area contributed by atoms with Crippen LogP contribution in [0.25, 0.3) is 0 Å². The molecule has 3 nitrogen and oxygen atoms in total. The van der Waals surface area contributed by atoms with E-state index >= 15 is 0 Å². The molecule has 0 aliphatic carbocycles. The number of hydrogen-bond donors (Lipinski definition) is 1. The standard InChI is InChI=1S/C15H15F3N2O/c1-8(2)21-11-3-9(6-20-7-11)15(19)14-12(17)4-10(16)5-13(14)18/h3-8,15H,19H2,1-2H3. The Morgan fingerprint density at radius 1 is 1.05 bits per heavy atom. The van der Waals surface area contributed by atoms with Crippen LogP contribution in [0.3, 0.4) is 0 Å². The van der Waals surface area contributed by atoms with E-state index in [0.717, 1.165) is 0 Å². The Morgan fingerprint density at radius 2 is 1.67 bits per heavy atom. The summed E-state index contributed by atoms with van der Waals surface area (Å²) >= 11 is 0. The number of ether oxygens (including phenoxy) is 1. The number of hydrogen-bond acceptors (Lipinski definition) is 3. The molecule has 0 fully saturated rings. The van der Waals surface area contributed by atoms with E-state index in [1.54, 1.807) is 6.07 Å². The van der Waals surface area contributed by atoms with Crippen LogP contribution in [-0.2, 0) is 0 Å². The lowest BCUT2D eigenvalue weighted by molar-refractivity contribution is 0.241. The van der Waals surface area contributed by atoms with Crippen molar-refractivity contribution >= 4 is 0 Å². The molecule has 1 unspecified atom stereocenters. The lowest BCUT2D eigenvalue weighted by atomic mass is 10.00. The van der Waals surface area contributed by atoms with Crippen LogP contribution in [-0.4, -0.2) is 11.1 Å². The summed E-state index contributed by atoms with van der Waals surface area (Å²) in [6.45, 7) is 3.68. The predicted octanol–water partition coefficient (Wildman–Crippen LogP) is 3.33. The molecule has 0 amide bonds. The molecule has 1 heterocycles. The number of rotatable bonds is 4. The van der Waals surface area contributed by atoms with Gasteiger partial charge in [0.2, 0.25) is 0 Å². The van der Waals surface area contributed by atoms with E-state index in [1.165, 1.54) is 12.4 Å². The highest BCUT2D eigenvalue weighted by atomic mass is 19.1. The molecule has 2 N–H and O–H groups in total. The Balaban J connectivity index is 2.38. The fourth-order valence-electron chi connectivity index (χ4n) is 1.96. The highest BCUT2D eigenvalue weighted by Gasteiger charge is 2.20. The van der Waals surface area contributed by atoms with Crippen LogP contribution in [0.1, 0.15) is 31.0 Å². The molecular weight excluding hydrogens is 281 g/mol. The largest absolute Gasteiger partial charge is 0.489 e. The molecule has 1 aromatic carbocycles. The SMILES string of the molecule is CC(C)Oc1cncc(C(N)c2c(F)cc(F)cc2F)c1. The van der Waals surface area contributed by atoms with E-state index in [0.29, 0.717) is 23.4 Å². The number of benzene rings is 1. The molecule has 0 spiro atoms. The van der Waals surface area contributed by atoms with Gasteiger partial charge in [0.1, 0.15) is 23.2 Å². The first-order valence-electron chi connectivity index (χ1n) is 6.40. The predicted molar refractivity (Wildman–Crippen MR) is 72.3 cm³/mol. The summed E-state index contributed by atoms with van der Waals surface area (Å²) in [5, 5.41) is 0. The number of halogens is 3. The summed E-state index contributed by atoms with van der Waals surface area (Å²) in [5.41, 5.74) is 5.84. The normalized spacial score (nSPS) is 12.5. The van der Waals surface area contributed by atoms with E-state index in [9.17, 15) is 13.2 Å². The summed E-state index contributed by atoms with van der Waals surface area (Å²) in [4.78, 5) is 3.94. The highest BCUT2D eigenvalue weighted by molar-refractivity contribution is 5.35. The average Bonchev–Trinajstić information content (AvgIpc) is 2.36. The minimum absolute atomic E-state index is 0.0717. The third kappa shape index (κ3) is 3.52. The minimum Gasteiger partial charge on any atom is -0.489 e. The van der Waals surface area contributed by atoms with E-state index in [-0.39, 0.29) is 6.10 Å². The topological polar surface area (TPSA) is 48.1 Å². The molecule has 0 aliphatic rings. The van der Waals surface area contributed by atoms with E-state index in [1.807, 2.05) is 13.8 Å². The zero-order valence-corrected chi connectivity index (χ0v) is 11.6. The van der Waals surface area contributed by atoms with Crippen LogP contribution in [0.15, 0.2) is 30.6 Å². The Hall–Kier alpha value is -2.08. The maximum absolute atomic E-state index is 13.7. The summed E-state index contributed by atoms with van der Waals surface area (Å²) in [7, 11) is 0. The summed E-state index contributed by atoms with van der Waals surface area (Å²) in [5.74, 6) is -2.61. The highest BCUT2D eigenvalue weighted by Crippen LogP contribution is 2.27. The molecule has 0 aliphatic heterocycles. The lowest BCUT2D eigenvalue weighted by Gasteiger charge is -2.16. The van der Waals surface area contributed by atoms with E-state index in [2.05, 4.69) is 4.98 Å². The van der Waals surface area contributed by atoms with Crippen molar-refractivity contribution in [3.8, 4) is 5.75 Å². The average molecular weight is 296 g/mol. The fraction of sp³-hybridized carbons (Fsp3) is 0.267. The monoisotopic (exact) mass is 296 g/mol. The molecule has 1 aromatic heterocycles. The summed E-state index contributed by atoms with van der Waals surface area (Å²) in [6.07, 6.45) is 2.80. The Labute approximate surface area is 120 Å². The van der Waals surface area contributed by atoms with Crippen molar-refractivity contribution in [3.63, 3.8) is 0 Å². The maximum atomic E-state index is 13.7. The van der Waals surface area contributed by atoms with Gasteiger partial charge in [-0.25, -0.2) is 13.2 Å². The zero-order valence-electron chi connectivity index (χ0n) is 11.6. The van der Waals surface area contributed by atoms with Gasteiger partial charge in [-0.3, -0.25) is 4.98 Å². The fourth-order valence-corrected chi connectivity index (χ4v) is 1.96. The van der Waals surface area contributed by atoms with Gasteiger partial charge in [0.05, 0.1) is 18.3 Å². The van der Waals surface area contributed by atoms with Crippen molar-refractivity contribution in [1.82, 2.24) is 4.98 Å². The second kappa shape index (κ2) is 6.13. The van der Waals surface area contributed by atoms with Gasteiger partial charge in [0.15, 0.2) is 0 Å². The Morgan fingerprint density at radius 3 is 2.24 bits per heavy atom. The molecule has 0 bridgehead atoms. The minimum atomic E-state index is -1.10. The van der Waals surface area contributed by atoms with Gasteiger partial charge in [-0.1, -0.05) is 0 Å². The third-order valence-corrected chi connectivity index (χ3v) is 2.82. The van der Waals surface area contributed by atoms with Crippen LogP contribution < -0.4 is 10.5 Å². The maximum Gasteiger partial charge on any atom is 0.138 e. The van der Waals surface area contributed by atoms with Gasteiger partial charge in [-0.15, -0.1) is 0 Å². The van der Waals surface area contributed by atoms with Gasteiger partial charge in [-0.2, -0.15) is 0 Å². The summed E-state index contributed by atoms with van der Waals surface area (Å²) in [6, 6.07) is 1.65. The molecule has 21 heavy (non-hydrogen) atoms. The molecule has 2 rings (SSSR count).